The molecule has 0 N–H and O–H groups in total. The van der Waals surface area contributed by atoms with Crippen LogP contribution in [0.1, 0.15) is 36.6 Å². The molecule has 2 heterocycles. The maximum Gasteiger partial charge on any atom is 0.417 e. The highest BCUT2D eigenvalue weighted by Crippen LogP contribution is 2.38. The highest BCUT2D eigenvalue weighted by atomic mass is 19.4. The number of nitrogens with zero attached hydrogens (tertiary/aromatic N) is 2. The second kappa shape index (κ2) is 5.37. The number of pyridine rings is 1. The molecule has 3 nitrogen and oxygen atoms in total. The average Bonchev–Trinajstić information content (AvgIpc) is 2.87. The largest absolute Gasteiger partial charge is 0.417 e. The topological polar surface area (TPSA) is 38.9 Å². The van der Waals surface area contributed by atoms with E-state index in [0.29, 0.717) is 11.5 Å². The van der Waals surface area contributed by atoms with Gasteiger partial charge in [0, 0.05) is 5.56 Å². The van der Waals surface area contributed by atoms with E-state index in [9.17, 15) is 13.2 Å². The number of benzene rings is 1. The Kier molecular flexibility index (Phi) is 3.62. The number of aromatic nitrogens is 2. The standard InChI is InChI=1S/C17H15F3N2O/c1-9(2)11-4-6-12(7-5-11)14-8-13(17(18,19)20)15-10(3)22-23-16(15)21-14/h4-9H,1-3H3. The molecule has 0 saturated carbocycles. The summed E-state index contributed by atoms with van der Waals surface area (Å²) in [5.41, 5.74) is 1.25. The van der Waals surface area contributed by atoms with E-state index in [1.54, 1.807) is 12.1 Å². The summed E-state index contributed by atoms with van der Waals surface area (Å²) in [5, 5.41) is 3.52. The molecule has 0 fully saturated rings. The van der Waals surface area contributed by atoms with Crippen LogP contribution >= 0.6 is 0 Å². The zero-order valence-electron chi connectivity index (χ0n) is 12.9. The lowest BCUT2D eigenvalue weighted by Gasteiger charge is -2.11. The first kappa shape index (κ1) is 15.5. The number of hydrogen-bond donors (Lipinski definition) is 0. The lowest BCUT2D eigenvalue weighted by molar-refractivity contribution is -0.136. The lowest BCUT2D eigenvalue weighted by atomic mass is 9.99. The number of aryl methyl sites for hydroxylation is 1. The number of hydrogen-bond acceptors (Lipinski definition) is 3. The van der Waals surface area contributed by atoms with E-state index in [-0.39, 0.29) is 22.5 Å². The smallest absolute Gasteiger partial charge is 0.336 e. The molecule has 0 atom stereocenters. The Hall–Kier alpha value is -2.37. The van der Waals surface area contributed by atoms with Gasteiger partial charge in [0.25, 0.3) is 5.71 Å². The summed E-state index contributed by atoms with van der Waals surface area (Å²) in [6.45, 7) is 5.58. The van der Waals surface area contributed by atoms with Gasteiger partial charge in [0.05, 0.1) is 22.3 Å². The Morgan fingerprint density at radius 1 is 1.09 bits per heavy atom. The molecule has 0 saturated heterocycles. The molecule has 0 unspecified atom stereocenters. The van der Waals surface area contributed by atoms with Crippen molar-refractivity contribution in [1.29, 1.82) is 0 Å². The van der Waals surface area contributed by atoms with Crippen LogP contribution in [0.3, 0.4) is 0 Å². The molecule has 2 aromatic heterocycles. The predicted molar refractivity (Wildman–Crippen MR) is 81.1 cm³/mol. The van der Waals surface area contributed by atoms with Crippen LogP contribution in [0.15, 0.2) is 34.9 Å². The Bertz CT molecular complexity index is 849. The first-order valence-corrected chi connectivity index (χ1v) is 7.22. The van der Waals surface area contributed by atoms with Crippen LogP contribution in [0.25, 0.3) is 22.4 Å². The minimum absolute atomic E-state index is 0.0833. The van der Waals surface area contributed by atoms with Crippen molar-refractivity contribution in [2.24, 2.45) is 0 Å². The molecule has 23 heavy (non-hydrogen) atoms. The van der Waals surface area contributed by atoms with Gasteiger partial charge in [-0.25, -0.2) is 4.98 Å². The van der Waals surface area contributed by atoms with Crippen LogP contribution in [0.4, 0.5) is 13.2 Å². The first-order chi connectivity index (χ1) is 10.8. The molecule has 3 aromatic rings. The molecule has 0 amide bonds. The fourth-order valence-electron chi connectivity index (χ4n) is 2.50. The number of fused-ring (bicyclic) bond motifs is 1. The lowest BCUT2D eigenvalue weighted by Crippen LogP contribution is -2.07. The second-order valence-electron chi connectivity index (χ2n) is 5.78. The van der Waals surface area contributed by atoms with Gasteiger partial charge < -0.3 is 4.52 Å². The van der Waals surface area contributed by atoms with E-state index >= 15 is 0 Å². The number of halogens is 3. The molecule has 6 heteroatoms. The Labute approximate surface area is 131 Å². The molecule has 0 aliphatic rings. The van der Waals surface area contributed by atoms with E-state index in [2.05, 4.69) is 24.0 Å². The highest BCUT2D eigenvalue weighted by Gasteiger charge is 2.35. The van der Waals surface area contributed by atoms with Crippen LogP contribution < -0.4 is 0 Å². The van der Waals surface area contributed by atoms with E-state index in [4.69, 9.17) is 4.52 Å². The van der Waals surface area contributed by atoms with Crippen molar-refractivity contribution in [3.05, 3.63) is 47.2 Å². The maximum atomic E-state index is 13.3. The molecule has 0 bridgehead atoms. The van der Waals surface area contributed by atoms with Gasteiger partial charge in [-0.15, -0.1) is 0 Å². The quantitative estimate of drug-likeness (QED) is 0.639. The second-order valence-corrected chi connectivity index (χ2v) is 5.78. The van der Waals surface area contributed by atoms with E-state index < -0.39 is 11.7 Å². The summed E-state index contributed by atoms with van der Waals surface area (Å²) in [4.78, 5) is 4.19. The van der Waals surface area contributed by atoms with Crippen molar-refractivity contribution < 1.29 is 17.7 Å². The van der Waals surface area contributed by atoms with Crippen molar-refractivity contribution >= 4 is 11.1 Å². The van der Waals surface area contributed by atoms with Crippen LogP contribution in [0, 0.1) is 6.92 Å². The van der Waals surface area contributed by atoms with Gasteiger partial charge in [0.15, 0.2) is 0 Å². The van der Waals surface area contributed by atoms with Crippen LogP contribution in [-0.2, 0) is 6.18 Å². The zero-order chi connectivity index (χ0) is 16.8. The van der Waals surface area contributed by atoms with Crippen LogP contribution in [0.2, 0.25) is 0 Å². The summed E-state index contributed by atoms with van der Waals surface area (Å²) in [6.07, 6.45) is -4.50. The summed E-state index contributed by atoms with van der Waals surface area (Å²) in [6, 6.07) is 8.38. The third-order valence-electron chi connectivity index (χ3n) is 3.80. The van der Waals surface area contributed by atoms with Gasteiger partial charge in [-0.3, -0.25) is 0 Å². The van der Waals surface area contributed by atoms with Crippen LogP contribution in [0.5, 0.6) is 0 Å². The van der Waals surface area contributed by atoms with Crippen molar-refractivity contribution in [1.82, 2.24) is 10.1 Å². The van der Waals surface area contributed by atoms with Crippen molar-refractivity contribution in [2.75, 3.05) is 0 Å². The molecule has 1 aromatic carbocycles. The SMILES string of the molecule is Cc1noc2nc(-c3ccc(C(C)C)cc3)cc(C(F)(F)F)c12. The van der Waals surface area contributed by atoms with Gasteiger partial charge >= 0.3 is 6.18 Å². The highest BCUT2D eigenvalue weighted by molar-refractivity contribution is 5.83. The van der Waals surface area contributed by atoms with Crippen molar-refractivity contribution in [3.8, 4) is 11.3 Å². The van der Waals surface area contributed by atoms with E-state index in [1.807, 2.05) is 12.1 Å². The zero-order valence-corrected chi connectivity index (χ0v) is 12.9. The molecular weight excluding hydrogens is 305 g/mol. The van der Waals surface area contributed by atoms with Gasteiger partial charge in [0.1, 0.15) is 0 Å². The normalized spacial score (nSPS) is 12.3. The minimum Gasteiger partial charge on any atom is -0.336 e. The van der Waals surface area contributed by atoms with E-state index in [0.717, 1.165) is 11.6 Å². The third kappa shape index (κ3) is 2.81. The Morgan fingerprint density at radius 2 is 1.74 bits per heavy atom. The van der Waals surface area contributed by atoms with E-state index in [1.165, 1.54) is 6.92 Å². The third-order valence-corrected chi connectivity index (χ3v) is 3.80. The first-order valence-electron chi connectivity index (χ1n) is 7.22. The summed E-state index contributed by atoms with van der Waals surface area (Å²) >= 11 is 0. The number of alkyl halides is 3. The molecule has 0 radical (unpaired) electrons. The van der Waals surface area contributed by atoms with Crippen molar-refractivity contribution in [3.63, 3.8) is 0 Å². The van der Waals surface area contributed by atoms with Gasteiger partial charge in [0.2, 0.25) is 0 Å². The summed E-state index contributed by atoms with van der Waals surface area (Å²) in [7, 11) is 0. The van der Waals surface area contributed by atoms with Crippen LogP contribution in [-0.4, -0.2) is 10.1 Å². The molecule has 3 rings (SSSR count). The van der Waals surface area contributed by atoms with Gasteiger partial charge in [-0.05, 0) is 24.5 Å². The minimum atomic E-state index is -4.50. The van der Waals surface area contributed by atoms with Crippen molar-refractivity contribution in [2.45, 2.75) is 32.9 Å². The molecule has 0 aliphatic carbocycles. The Balaban J connectivity index is 2.19. The average molecular weight is 320 g/mol. The molecular formula is C17H15F3N2O. The predicted octanol–water partition coefficient (Wildman–Crippen LogP) is 5.34. The maximum absolute atomic E-state index is 13.3. The number of rotatable bonds is 2. The molecule has 0 aliphatic heterocycles. The fourth-order valence-corrected chi connectivity index (χ4v) is 2.50. The van der Waals surface area contributed by atoms with Gasteiger partial charge in [-0.1, -0.05) is 43.3 Å². The fraction of sp³-hybridized carbons (Fsp3) is 0.294. The monoisotopic (exact) mass is 320 g/mol. The summed E-state index contributed by atoms with van der Waals surface area (Å²) < 4.78 is 45.0. The van der Waals surface area contributed by atoms with Gasteiger partial charge in [-0.2, -0.15) is 13.2 Å². The summed E-state index contributed by atoms with van der Waals surface area (Å²) in [5.74, 6) is 0.349. The Morgan fingerprint density at radius 3 is 2.30 bits per heavy atom. The molecule has 0 spiro atoms. The molecule has 120 valence electrons.